The van der Waals surface area contributed by atoms with Crippen LogP contribution in [-0.4, -0.2) is 21.2 Å². The van der Waals surface area contributed by atoms with E-state index in [1.807, 2.05) is 13.8 Å². The molecule has 5 heteroatoms. The molecule has 1 aromatic heterocycles. The molecule has 1 aromatic rings. The van der Waals surface area contributed by atoms with Crippen molar-refractivity contribution in [1.82, 2.24) is 4.98 Å². The summed E-state index contributed by atoms with van der Waals surface area (Å²) in [6.45, 7) is 3.79. The molecule has 90 valence electrons. The van der Waals surface area contributed by atoms with Crippen LogP contribution in [0.1, 0.15) is 35.5 Å². The third-order valence-corrected chi connectivity index (χ3v) is 2.06. The van der Waals surface area contributed by atoms with E-state index >= 15 is 0 Å². The quantitative estimate of drug-likeness (QED) is 0.850. The summed E-state index contributed by atoms with van der Waals surface area (Å²) in [6, 6.07) is 1.54. The molecule has 0 spiro atoms. The number of aromatic nitrogens is 1. The van der Waals surface area contributed by atoms with Crippen LogP contribution in [0.5, 0.6) is 0 Å². The van der Waals surface area contributed by atoms with Crippen LogP contribution in [0, 0.1) is 5.92 Å². The smallest absolute Gasteiger partial charge is 0.336 e. The largest absolute Gasteiger partial charge is 0.478 e. The van der Waals surface area contributed by atoms with Crippen LogP contribution < -0.4 is 0 Å². The number of carboxylic acids is 1. The van der Waals surface area contributed by atoms with Gasteiger partial charge in [0.2, 0.25) is 0 Å². The molecule has 0 atom stereocenters. The van der Waals surface area contributed by atoms with Gasteiger partial charge in [0, 0.05) is 17.5 Å². The Labute approximate surface area is 101 Å². The van der Waals surface area contributed by atoms with Crippen LogP contribution in [0.25, 0.3) is 0 Å². The first-order valence-electron chi connectivity index (χ1n) is 4.86. The van der Waals surface area contributed by atoms with Crippen LogP contribution in [0.15, 0.2) is 12.3 Å². The number of hydrogen-bond acceptors (Lipinski definition) is 3. The van der Waals surface area contributed by atoms with E-state index in [9.17, 15) is 4.79 Å². The fourth-order valence-corrected chi connectivity index (χ4v) is 1.38. The lowest BCUT2D eigenvalue weighted by Crippen LogP contribution is -2.07. The first-order valence-corrected chi connectivity index (χ1v) is 4.86. The molecular weight excluding hydrogens is 230 g/mol. The molecule has 0 aliphatic rings. The highest BCUT2D eigenvalue weighted by molar-refractivity contribution is 5.89. The summed E-state index contributed by atoms with van der Waals surface area (Å²) >= 11 is 0. The van der Waals surface area contributed by atoms with Gasteiger partial charge in [0.25, 0.3) is 0 Å². The number of aliphatic hydroxyl groups excluding tert-OH is 1. The van der Waals surface area contributed by atoms with E-state index < -0.39 is 5.97 Å². The Balaban J connectivity index is 0.00000225. The van der Waals surface area contributed by atoms with E-state index in [4.69, 9.17) is 10.2 Å². The first kappa shape index (κ1) is 14.9. The van der Waals surface area contributed by atoms with Gasteiger partial charge in [0.05, 0.1) is 12.2 Å². The molecule has 0 saturated heterocycles. The fraction of sp³-hybridized carbons (Fsp3) is 0.455. The van der Waals surface area contributed by atoms with Crippen molar-refractivity contribution in [3.8, 4) is 0 Å². The van der Waals surface area contributed by atoms with Crippen LogP contribution in [0.3, 0.4) is 0 Å². The van der Waals surface area contributed by atoms with Crippen LogP contribution >= 0.6 is 12.4 Å². The van der Waals surface area contributed by atoms with Crippen LogP contribution in [-0.2, 0) is 13.0 Å². The molecule has 0 saturated carbocycles. The van der Waals surface area contributed by atoms with E-state index in [1.165, 1.54) is 12.3 Å². The predicted molar refractivity (Wildman–Crippen MR) is 62.9 cm³/mol. The second-order valence-electron chi connectivity index (χ2n) is 3.89. The average Bonchev–Trinajstić information content (AvgIpc) is 2.16. The van der Waals surface area contributed by atoms with E-state index in [-0.39, 0.29) is 24.6 Å². The maximum Gasteiger partial charge on any atom is 0.336 e. The number of rotatable bonds is 4. The standard InChI is InChI=1S/C11H15NO3.ClH/c1-7(2)3-9-4-10(11(14)15)8(6-13)5-12-9;/h4-5,7,13H,3,6H2,1-2H3,(H,14,15);1H. The zero-order valence-electron chi connectivity index (χ0n) is 9.30. The van der Waals surface area contributed by atoms with Gasteiger partial charge in [0.1, 0.15) is 0 Å². The van der Waals surface area contributed by atoms with Gasteiger partial charge in [-0.2, -0.15) is 0 Å². The molecule has 0 amide bonds. The summed E-state index contributed by atoms with van der Waals surface area (Å²) < 4.78 is 0. The molecule has 0 fully saturated rings. The third kappa shape index (κ3) is 3.79. The summed E-state index contributed by atoms with van der Waals surface area (Å²) in [5, 5.41) is 17.9. The van der Waals surface area contributed by atoms with Gasteiger partial charge in [-0.05, 0) is 18.4 Å². The molecule has 16 heavy (non-hydrogen) atoms. The van der Waals surface area contributed by atoms with Crippen molar-refractivity contribution in [3.05, 3.63) is 29.1 Å². The Morgan fingerprint density at radius 2 is 2.12 bits per heavy atom. The van der Waals surface area contributed by atoms with Gasteiger partial charge < -0.3 is 10.2 Å². The molecule has 1 heterocycles. The van der Waals surface area contributed by atoms with Gasteiger partial charge >= 0.3 is 5.97 Å². The summed E-state index contributed by atoms with van der Waals surface area (Å²) in [5.74, 6) is -0.592. The van der Waals surface area contributed by atoms with Gasteiger partial charge in [-0.15, -0.1) is 12.4 Å². The highest BCUT2D eigenvalue weighted by Crippen LogP contribution is 2.12. The van der Waals surface area contributed by atoms with Gasteiger partial charge in [-0.3, -0.25) is 4.98 Å². The number of pyridine rings is 1. The molecule has 0 aliphatic heterocycles. The Bertz CT molecular complexity index is 366. The first-order chi connectivity index (χ1) is 7.04. The second kappa shape index (κ2) is 6.45. The molecule has 2 N–H and O–H groups in total. The lowest BCUT2D eigenvalue weighted by atomic mass is 10.0. The van der Waals surface area contributed by atoms with E-state index in [0.717, 1.165) is 12.1 Å². The molecule has 4 nitrogen and oxygen atoms in total. The Morgan fingerprint density at radius 1 is 1.50 bits per heavy atom. The van der Waals surface area contributed by atoms with E-state index in [1.54, 1.807) is 0 Å². The summed E-state index contributed by atoms with van der Waals surface area (Å²) in [4.78, 5) is 15.0. The van der Waals surface area contributed by atoms with E-state index in [0.29, 0.717) is 11.5 Å². The Hall–Kier alpha value is -1.13. The van der Waals surface area contributed by atoms with Crippen LogP contribution in [0.2, 0.25) is 0 Å². The Morgan fingerprint density at radius 3 is 2.56 bits per heavy atom. The number of aliphatic hydroxyl groups is 1. The molecule has 0 aromatic carbocycles. The zero-order valence-corrected chi connectivity index (χ0v) is 10.1. The number of nitrogens with zero attached hydrogens (tertiary/aromatic N) is 1. The predicted octanol–water partition coefficient (Wildman–Crippen LogP) is 1.89. The summed E-state index contributed by atoms with van der Waals surface area (Å²) in [6.07, 6.45) is 2.17. The maximum atomic E-state index is 10.9. The lowest BCUT2D eigenvalue weighted by molar-refractivity contribution is 0.0693. The third-order valence-electron chi connectivity index (χ3n) is 2.06. The molecule has 0 aliphatic carbocycles. The number of carbonyl (C=O) groups is 1. The topological polar surface area (TPSA) is 70.4 Å². The Kier molecular flexibility index (Phi) is 6.00. The lowest BCUT2D eigenvalue weighted by Gasteiger charge is -2.07. The highest BCUT2D eigenvalue weighted by Gasteiger charge is 2.11. The minimum atomic E-state index is -1.02. The van der Waals surface area contributed by atoms with Crippen molar-refractivity contribution in [2.75, 3.05) is 0 Å². The van der Waals surface area contributed by atoms with Gasteiger partial charge in [-0.25, -0.2) is 4.79 Å². The van der Waals surface area contributed by atoms with Crippen molar-refractivity contribution in [3.63, 3.8) is 0 Å². The van der Waals surface area contributed by atoms with Crippen molar-refractivity contribution in [2.24, 2.45) is 5.92 Å². The number of carboxylic acid groups (broad SMARTS) is 1. The zero-order chi connectivity index (χ0) is 11.4. The molecule has 1 rings (SSSR count). The van der Waals surface area contributed by atoms with Crippen LogP contribution in [0.4, 0.5) is 0 Å². The number of aromatic carboxylic acids is 1. The van der Waals surface area contributed by atoms with Crippen molar-refractivity contribution >= 4 is 18.4 Å². The highest BCUT2D eigenvalue weighted by atomic mass is 35.5. The number of halogens is 1. The minimum Gasteiger partial charge on any atom is -0.478 e. The molecular formula is C11H16ClNO3. The second-order valence-corrected chi connectivity index (χ2v) is 3.89. The molecule has 0 unspecified atom stereocenters. The fourth-order valence-electron chi connectivity index (χ4n) is 1.38. The molecule has 0 bridgehead atoms. The normalized spacial score (nSPS) is 10.0. The SMILES string of the molecule is CC(C)Cc1cc(C(=O)O)c(CO)cn1.Cl. The van der Waals surface area contributed by atoms with Gasteiger partial charge in [0.15, 0.2) is 0 Å². The van der Waals surface area contributed by atoms with Gasteiger partial charge in [-0.1, -0.05) is 13.8 Å². The van der Waals surface area contributed by atoms with Crippen molar-refractivity contribution < 1.29 is 15.0 Å². The number of hydrogen-bond donors (Lipinski definition) is 2. The minimum absolute atomic E-state index is 0. The summed E-state index contributed by atoms with van der Waals surface area (Å²) in [5.41, 5.74) is 1.25. The summed E-state index contributed by atoms with van der Waals surface area (Å²) in [7, 11) is 0. The average molecular weight is 246 g/mol. The maximum absolute atomic E-state index is 10.9. The van der Waals surface area contributed by atoms with Crippen molar-refractivity contribution in [1.29, 1.82) is 0 Å². The molecule has 0 radical (unpaired) electrons. The van der Waals surface area contributed by atoms with E-state index in [2.05, 4.69) is 4.98 Å². The monoisotopic (exact) mass is 245 g/mol. The van der Waals surface area contributed by atoms with Crippen molar-refractivity contribution in [2.45, 2.75) is 26.9 Å².